The fourth-order valence-electron chi connectivity index (χ4n) is 8.90. The van der Waals surface area contributed by atoms with Crippen LogP contribution in [0, 0.1) is 0 Å². The SMILES string of the molecule is C=CCCCO[C@@H]1OC(COCc2ccccc2)[C@@H](OCc2ccccc2)[C@@H](OCc2ccccc2)C1O[C@@H]1OC(COCc2ccccc2)[C@@H](OCc2ccccc2)[C@@H](OCc2ccccc2)C1OC(C)=O. The smallest absolute Gasteiger partial charge is 0.303 e. The van der Waals surface area contributed by atoms with E-state index >= 15 is 0 Å². The van der Waals surface area contributed by atoms with Crippen molar-refractivity contribution in [1.29, 1.82) is 0 Å². The molecule has 2 aliphatic heterocycles. The van der Waals surface area contributed by atoms with E-state index < -0.39 is 67.4 Å². The predicted molar refractivity (Wildman–Crippen MR) is 275 cm³/mol. The van der Waals surface area contributed by atoms with Gasteiger partial charge in [-0.15, -0.1) is 6.58 Å². The summed E-state index contributed by atoms with van der Waals surface area (Å²) in [5, 5.41) is 0. The fraction of sp³-hybridized carbons (Fsp3) is 0.361. The molecular weight excluding hydrogens is 925 g/mol. The molecule has 0 bridgehead atoms. The molecule has 6 aromatic rings. The highest BCUT2D eigenvalue weighted by atomic mass is 16.8. The van der Waals surface area contributed by atoms with Gasteiger partial charge in [0.2, 0.25) is 0 Å². The Balaban J connectivity index is 1.18. The molecule has 4 unspecified atom stereocenters. The number of ether oxygens (including phenoxy) is 11. The maximum absolute atomic E-state index is 13.4. The molecule has 6 aromatic carbocycles. The van der Waals surface area contributed by atoms with Crippen molar-refractivity contribution in [3.63, 3.8) is 0 Å². The van der Waals surface area contributed by atoms with Crippen molar-refractivity contribution in [2.45, 2.75) is 121 Å². The molecular formula is C61H68O12. The molecule has 2 aliphatic rings. The molecule has 8 rings (SSSR count). The van der Waals surface area contributed by atoms with Crippen molar-refractivity contribution < 1.29 is 56.9 Å². The molecule has 0 N–H and O–H groups in total. The van der Waals surface area contributed by atoms with Gasteiger partial charge in [0.05, 0.1) is 59.5 Å². The summed E-state index contributed by atoms with van der Waals surface area (Å²) in [5.41, 5.74) is 5.74. The summed E-state index contributed by atoms with van der Waals surface area (Å²) in [6.45, 7) is 7.29. The van der Waals surface area contributed by atoms with E-state index in [2.05, 4.69) is 6.58 Å². The predicted octanol–water partition coefficient (Wildman–Crippen LogP) is 10.5. The number of carbonyl (C=O) groups excluding carboxylic acids is 1. The van der Waals surface area contributed by atoms with Gasteiger partial charge in [-0.3, -0.25) is 4.79 Å². The number of hydrogen-bond acceptors (Lipinski definition) is 12. The van der Waals surface area contributed by atoms with Crippen LogP contribution in [0.4, 0.5) is 0 Å². The van der Waals surface area contributed by atoms with E-state index in [1.54, 1.807) is 0 Å². The van der Waals surface area contributed by atoms with Gasteiger partial charge in [-0.25, -0.2) is 0 Å². The largest absolute Gasteiger partial charge is 0.454 e. The van der Waals surface area contributed by atoms with Gasteiger partial charge >= 0.3 is 5.97 Å². The molecule has 0 aliphatic carbocycles. The Morgan fingerprint density at radius 3 is 1.15 bits per heavy atom. The fourth-order valence-corrected chi connectivity index (χ4v) is 8.90. The van der Waals surface area contributed by atoms with Crippen LogP contribution in [0.15, 0.2) is 195 Å². The van der Waals surface area contributed by atoms with Gasteiger partial charge < -0.3 is 52.1 Å². The Morgan fingerprint density at radius 2 is 0.781 bits per heavy atom. The van der Waals surface area contributed by atoms with Gasteiger partial charge in [0.15, 0.2) is 18.7 Å². The Kier molecular flexibility index (Phi) is 21.3. The molecule has 2 fully saturated rings. The quantitative estimate of drug-likeness (QED) is 0.0264. The van der Waals surface area contributed by atoms with Crippen LogP contribution in [0.5, 0.6) is 0 Å². The lowest BCUT2D eigenvalue weighted by Gasteiger charge is -2.50. The first-order chi connectivity index (χ1) is 36.0. The van der Waals surface area contributed by atoms with Crippen LogP contribution in [0.25, 0.3) is 0 Å². The third-order valence-corrected chi connectivity index (χ3v) is 12.5. The van der Waals surface area contributed by atoms with E-state index in [0.29, 0.717) is 32.7 Å². The number of rotatable bonds is 28. The van der Waals surface area contributed by atoms with Gasteiger partial charge in [-0.2, -0.15) is 0 Å². The second-order valence-electron chi connectivity index (χ2n) is 18.1. The summed E-state index contributed by atoms with van der Waals surface area (Å²) < 4.78 is 74.9. The number of allylic oxidation sites excluding steroid dienone is 1. The van der Waals surface area contributed by atoms with Gasteiger partial charge in [0.25, 0.3) is 0 Å². The number of benzene rings is 6. The average molecular weight is 993 g/mol. The molecule has 0 radical (unpaired) electrons. The molecule has 73 heavy (non-hydrogen) atoms. The molecule has 12 heteroatoms. The molecule has 0 amide bonds. The standard InChI is InChI=1S/C61H68O12/c1-3-4-23-36-65-60-58(56(68-41-50-32-19-9-20-33-50)54(66-39-48-28-15-7-16-29-48)52(71-60)43-63-37-46-24-11-5-12-25-46)73-61-59(70-45(2)62)57(69-42-51-34-21-10-22-35-51)55(67-40-49-30-17-8-18-31-49)53(72-61)44-64-38-47-26-13-6-14-27-47/h3,5-22,24-35,52-61H,1,4,23,36-44H2,2H3/t52?,53?,54-,55-,56-,57-,58?,59?,60-,61+/m1/s1. The van der Waals surface area contributed by atoms with E-state index in [-0.39, 0.29) is 39.6 Å². The summed E-state index contributed by atoms with van der Waals surface area (Å²) in [6, 6.07) is 59.4. The Labute approximate surface area is 430 Å². The lowest BCUT2D eigenvalue weighted by molar-refractivity contribution is -0.380. The first-order valence-electron chi connectivity index (χ1n) is 25.2. The van der Waals surface area contributed by atoms with Crippen molar-refractivity contribution in [2.24, 2.45) is 0 Å². The van der Waals surface area contributed by atoms with E-state index in [4.69, 9.17) is 52.1 Å². The summed E-state index contributed by atoms with van der Waals surface area (Å²) in [7, 11) is 0. The van der Waals surface area contributed by atoms with E-state index in [0.717, 1.165) is 33.4 Å². The second-order valence-corrected chi connectivity index (χ2v) is 18.1. The second kappa shape index (κ2) is 29.1. The molecule has 0 saturated carbocycles. The number of unbranched alkanes of at least 4 members (excludes halogenated alkanes) is 1. The number of esters is 1. The third kappa shape index (κ3) is 16.6. The Bertz CT molecular complexity index is 2450. The summed E-state index contributed by atoms with van der Waals surface area (Å²) in [5.74, 6) is -0.565. The summed E-state index contributed by atoms with van der Waals surface area (Å²) >= 11 is 0. The highest BCUT2D eigenvalue weighted by molar-refractivity contribution is 5.66. The lowest BCUT2D eigenvalue weighted by atomic mass is 9.96. The minimum atomic E-state index is -1.29. The van der Waals surface area contributed by atoms with Gasteiger partial charge in [0, 0.05) is 6.92 Å². The highest BCUT2D eigenvalue weighted by Gasteiger charge is 2.55. The maximum atomic E-state index is 13.4. The van der Waals surface area contributed by atoms with E-state index in [9.17, 15) is 4.79 Å². The molecule has 12 nitrogen and oxygen atoms in total. The zero-order valence-corrected chi connectivity index (χ0v) is 41.6. The van der Waals surface area contributed by atoms with Crippen LogP contribution in [0.3, 0.4) is 0 Å². The van der Waals surface area contributed by atoms with E-state index in [1.807, 2.05) is 188 Å². The third-order valence-electron chi connectivity index (χ3n) is 12.5. The molecule has 0 spiro atoms. The zero-order valence-electron chi connectivity index (χ0n) is 41.6. The van der Waals surface area contributed by atoms with Crippen molar-refractivity contribution in [1.82, 2.24) is 0 Å². The summed E-state index contributed by atoms with van der Waals surface area (Å²) in [6.07, 6.45) is -6.16. The van der Waals surface area contributed by atoms with Crippen LogP contribution in [-0.4, -0.2) is 87.2 Å². The molecule has 384 valence electrons. The van der Waals surface area contributed by atoms with Crippen LogP contribution in [0.1, 0.15) is 53.1 Å². The first-order valence-corrected chi connectivity index (χ1v) is 25.2. The Hall–Kier alpha value is -5.87. The molecule has 2 heterocycles. The minimum Gasteiger partial charge on any atom is -0.454 e. The number of carbonyl (C=O) groups is 1. The van der Waals surface area contributed by atoms with E-state index in [1.165, 1.54) is 6.92 Å². The first kappa shape index (κ1) is 53.4. The van der Waals surface area contributed by atoms with Crippen LogP contribution < -0.4 is 0 Å². The average Bonchev–Trinajstić information content (AvgIpc) is 3.43. The minimum absolute atomic E-state index is 0.0758. The van der Waals surface area contributed by atoms with Crippen LogP contribution >= 0.6 is 0 Å². The maximum Gasteiger partial charge on any atom is 0.303 e. The van der Waals surface area contributed by atoms with Gasteiger partial charge in [-0.05, 0) is 46.2 Å². The van der Waals surface area contributed by atoms with Crippen molar-refractivity contribution in [2.75, 3.05) is 19.8 Å². The van der Waals surface area contributed by atoms with Crippen molar-refractivity contribution in [3.05, 3.63) is 228 Å². The normalized spacial score (nSPS) is 23.9. The van der Waals surface area contributed by atoms with Crippen LogP contribution in [0.2, 0.25) is 0 Å². The molecule has 0 aromatic heterocycles. The number of hydrogen-bond donors (Lipinski definition) is 0. The van der Waals surface area contributed by atoms with Gasteiger partial charge in [-0.1, -0.05) is 188 Å². The highest BCUT2D eigenvalue weighted by Crippen LogP contribution is 2.37. The van der Waals surface area contributed by atoms with Gasteiger partial charge in [0.1, 0.15) is 42.7 Å². The summed E-state index contributed by atoms with van der Waals surface area (Å²) in [4.78, 5) is 13.4. The van der Waals surface area contributed by atoms with Crippen molar-refractivity contribution >= 4 is 5.97 Å². The Morgan fingerprint density at radius 1 is 0.438 bits per heavy atom. The van der Waals surface area contributed by atoms with Crippen molar-refractivity contribution in [3.8, 4) is 0 Å². The molecule has 2 saturated heterocycles. The molecule has 10 atom stereocenters. The zero-order chi connectivity index (χ0) is 50.3. The monoisotopic (exact) mass is 992 g/mol. The topological polar surface area (TPSA) is 119 Å². The van der Waals surface area contributed by atoms with Crippen LogP contribution in [-0.2, 0) is 96.5 Å². The lowest BCUT2D eigenvalue weighted by Crippen LogP contribution is -2.66.